The molecule has 0 spiro atoms. The smallest absolute Gasteiger partial charge is 0.337 e. The van der Waals surface area contributed by atoms with Gasteiger partial charge in [0.05, 0.1) is 24.0 Å². The highest BCUT2D eigenvalue weighted by molar-refractivity contribution is 5.87. The third-order valence-corrected chi connectivity index (χ3v) is 3.82. The minimum absolute atomic E-state index is 0.107. The molecule has 0 aliphatic heterocycles. The summed E-state index contributed by atoms with van der Waals surface area (Å²) in [5.41, 5.74) is 3.58. The topological polar surface area (TPSA) is 59.4 Å². The molecule has 1 heterocycles. The highest BCUT2D eigenvalue weighted by Crippen LogP contribution is 2.32. The number of ether oxygens (including phenoxy) is 1. The molecule has 2 aromatic rings. The number of carbonyl (C=O) groups is 1. The zero-order chi connectivity index (χ0) is 14.7. The van der Waals surface area contributed by atoms with Crippen LogP contribution >= 0.6 is 0 Å². The van der Waals surface area contributed by atoms with Gasteiger partial charge in [-0.05, 0) is 42.5 Å². The second kappa shape index (κ2) is 6.06. The Bertz CT molecular complexity index is 637. The third kappa shape index (κ3) is 3.11. The van der Waals surface area contributed by atoms with Gasteiger partial charge in [-0.3, -0.25) is 4.98 Å². The molecule has 1 unspecified atom stereocenters. The fraction of sp³-hybridized carbons (Fsp3) is 0.294. The number of aromatic nitrogens is 1. The number of benzene rings is 1. The number of aryl methyl sites for hydroxylation is 1. The number of hydrogen-bond acceptors (Lipinski definition) is 3. The molecule has 4 heteroatoms. The molecule has 108 valence electrons. The van der Waals surface area contributed by atoms with Crippen LogP contribution in [0.2, 0.25) is 0 Å². The van der Waals surface area contributed by atoms with E-state index in [1.165, 1.54) is 17.3 Å². The van der Waals surface area contributed by atoms with E-state index >= 15 is 0 Å². The minimum atomic E-state index is -0.962. The summed E-state index contributed by atoms with van der Waals surface area (Å²) in [6.45, 7) is 0.402. The monoisotopic (exact) mass is 283 g/mol. The van der Waals surface area contributed by atoms with Gasteiger partial charge >= 0.3 is 5.97 Å². The Morgan fingerprint density at radius 3 is 2.90 bits per heavy atom. The van der Waals surface area contributed by atoms with E-state index < -0.39 is 5.97 Å². The maximum absolute atomic E-state index is 10.8. The van der Waals surface area contributed by atoms with Crippen LogP contribution in [-0.2, 0) is 17.8 Å². The minimum Gasteiger partial charge on any atom is -0.478 e. The lowest BCUT2D eigenvalue weighted by atomic mass is 9.89. The second-order valence-electron chi connectivity index (χ2n) is 5.23. The van der Waals surface area contributed by atoms with E-state index in [1.54, 1.807) is 12.1 Å². The number of nitrogens with zero attached hydrogens (tertiary/aromatic N) is 1. The van der Waals surface area contributed by atoms with Crippen LogP contribution in [0.1, 0.15) is 46.1 Å². The summed E-state index contributed by atoms with van der Waals surface area (Å²) in [5, 5.41) is 8.85. The molecule has 0 fully saturated rings. The molecule has 21 heavy (non-hydrogen) atoms. The van der Waals surface area contributed by atoms with E-state index in [0.717, 1.165) is 25.0 Å². The zero-order valence-corrected chi connectivity index (χ0v) is 11.7. The first-order chi connectivity index (χ1) is 10.2. The van der Waals surface area contributed by atoms with Crippen molar-refractivity contribution in [3.63, 3.8) is 0 Å². The lowest BCUT2D eigenvalue weighted by molar-refractivity contribution is 0.0264. The Balaban J connectivity index is 1.67. The van der Waals surface area contributed by atoms with Crippen molar-refractivity contribution in [2.24, 2.45) is 0 Å². The molecule has 1 aliphatic carbocycles. The molecule has 0 bridgehead atoms. The van der Waals surface area contributed by atoms with E-state index in [4.69, 9.17) is 9.84 Å². The van der Waals surface area contributed by atoms with Crippen molar-refractivity contribution in [2.45, 2.75) is 32.0 Å². The molecule has 3 rings (SSSR count). The summed E-state index contributed by atoms with van der Waals surface area (Å²) in [7, 11) is 0. The van der Waals surface area contributed by atoms with Crippen molar-refractivity contribution < 1.29 is 14.6 Å². The van der Waals surface area contributed by atoms with Crippen LogP contribution in [0.4, 0.5) is 0 Å². The van der Waals surface area contributed by atoms with Gasteiger partial charge in [0, 0.05) is 6.20 Å². The summed E-state index contributed by atoms with van der Waals surface area (Å²) in [5.74, 6) is -0.962. The average molecular weight is 283 g/mol. The molecular formula is C17H17NO3. The van der Waals surface area contributed by atoms with Crippen LogP contribution in [0.3, 0.4) is 0 Å². The molecule has 1 aliphatic rings. The summed E-state index contributed by atoms with van der Waals surface area (Å²) >= 11 is 0. The van der Waals surface area contributed by atoms with Gasteiger partial charge in [0.15, 0.2) is 0 Å². The first-order valence-corrected chi connectivity index (χ1v) is 7.11. The molecule has 0 radical (unpaired) electrons. The Morgan fingerprint density at radius 1 is 1.29 bits per heavy atom. The predicted molar refractivity (Wildman–Crippen MR) is 78.1 cm³/mol. The lowest BCUT2D eigenvalue weighted by Gasteiger charge is -2.25. The first-order valence-electron chi connectivity index (χ1n) is 7.11. The highest BCUT2D eigenvalue weighted by atomic mass is 16.5. The van der Waals surface area contributed by atoms with Gasteiger partial charge < -0.3 is 9.84 Å². The van der Waals surface area contributed by atoms with Gasteiger partial charge in [-0.15, -0.1) is 0 Å². The van der Waals surface area contributed by atoms with Gasteiger partial charge in [-0.1, -0.05) is 24.3 Å². The van der Waals surface area contributed by atoms with Crippen molar-refractivity contribution in [1.29, 1.82) is 0 Å². The van der Waals surface area contributed by atoms with E-state index in [0.29, 0.717) is 6.61 Å². The van der Waals surface area contributed by atoms with E-state index in [9.17, 15) is 4.79 Å². The van der Waals surface area contributed by atoms with Crippen molar-refractivity contribution in [2.75, 3.05) is 0 Å². The number of carboxylic acid groups (broad SMARTS) is 1. The average Bonchev–Trinajstić information content (AvgIpc) is 2.53. The van der Waals surface area contributed by atoms with Gasteiger partial charge in [0.25, 0.3) is 0 Å². The molecule has 0 amide bonds. The van der Waals surface area contributed by atoms with Crippen LogP contribution in [0.25, 0.3) is 0 Å². The molecule has 4 nitrogen and oxygen atoms in total. The number of rotatable bonds is 4. The maximum atomic E-state index is 10.8. The van der Waals surface area contributed by atoms with E-state index in [1.807, 2.05) is 6.07 Å². The van der Waals surface area contributed by atoms with Crippen LogP contribution in [0, 0.1) is 0 Å². The number of fused-ring (bicyclic) bond motifs is 1. The van der Waals surface area contributed by atoms with Crippen molar-refractivity contribution in [3.8, 4) is 0 Å². The lowest BCUT2D eigenvalue weighted by Crippen LogP contribution is -2.13. The Kier molecular flexibility index (Phi) is 3.97. The Hall–Kier alpha value is -2.20. The predicted octanol–water partition coefficient (Wildman–Crippen LogP) is 3.37. The number of aromatic carboxylic acids is 1. The summed E-state index contributed by atoms with van der Waals surface area (Å²) in [6, 6.07) is 11.7. The van der Waals surface area contributed by atoms with Crippen molar-refractivity contribution >= 4 is 5.97 Å². The molecule has 1 atom stereocenters. The fourth-order valence-electron chi connectivity index (χ4n) is 2.70. The van der Waals surface area contributed by atoms with Gasteiger partial charge in [0.2, 0.25) is 0 Å². The first kappa shape index (κ1) is 13.8. The molecule has 1 aromatic heterocycles. The SMILES string of the molecule is O=C(O)c1ccc(COC2CCCc3ccccc32)nc1. The highest BCUT2D eigenvalue weighted by Gasteiger charge is 2.20. The van der Waals surface area contributed by atoms with Crippen LogP contribution in [-0.4, -0.2) is 16.1 Å². The van der Waals surface area contributed by atoms with Crippen LogP contribution in [0.5, 0.6) is 0 Å². The Morgan fingerprint density at radius 2 is 2.14 bits per heavy atom. The largest absolute Gasteiger partial charge is 0.478 e. The van der Waals surface area contributed by atoms with Crippen molar-refractivity contribution in [1.82, 2.24) is 4.98 Å². The fourth-order valence-corrected chi connectivity index (χ4v) is 2.70. The number of pyridine rings is 1. The molecular weight excluding hydrogens is 266 g/mol. The van der Waals surface area contributed by atoms with E-state index in [2.05, 4.69) is 23.2 Å². The maximum Gasteiger partial charge on any atom is 0.337 e. The number of hydrogen-bond donors (Lipinski definition) is 1. The second-order valence-corrected chi connectivity index (χ2v) is 5.23. The van der Waals surface area contributed by atoms with E-state index in [-0.39, 0.29) is 11.7 Å². The standard InChI is InChI=1S/C17H17NO3/c19-17(20)13-8-9-14(18-10-13)11-21-16-7-3-5-12-4-1-2-6-15(12)16/h1-2,4,6,8-10,16H,3,5,7,11H2,(H,19,20). The van der Waals surface area contributed by atoms with Crippen molar-refractivity contribution in [3.05, 3.63) is 65.0 Å². The normalized spacial score (nSPS) is 17.2. The summed E-state index contributed by atoms with van der Waals surface area (Å²) < 4.78 is 5.99. The van der Waals surface area contributed by atoms with Gasteiger partial charge in [0.1, 0.15) is 0 Å². The zero-order valence-electron chi connectivity index (χ0n) is 11.7. The third-order valence-electron chi connectivity index (χ3n) is 3.82. The molecule has 0 saturated carbocycles. The van der Waals surface area contributed by atoms with Crippen LogP contribution in [0.15, 0.2) is 42.6 Å². The summed E-state index contributed by atoms with van der Waals surface area (Å²) in [6.07, 6.45) is 4.74. The Labute approximate surface area is 123 Å². The molecule has 1 N–H and O–H groups in total. The molecule has 1 aromatic carbocycles. The molecule has 0 saturated heterocycles. The quantitative estimate of drug-likeness (QED) is 0.934. The van der Waals surface area contributed by atoms with Gasteiger partial charge in [-0.25, -0.2) is 4.79 Å². The van der Waals surface area contributed by atoms with Crippen LogP contribution < -0.4 is 0 Å². The summed E-state index contributed by atoms with van der Waals surface area (Å²) in [4.78, 5) is 14.9. The van der Waals surface area contributed by atoms with Gasteiger partial charge in [-0.2, -0.15) is 0 Å². The number of carboxylic acids is 1.